The molecule has 0 radical (unpaired) electrons. The second-order valence-corrected chi connectivity index (χ2v) is 4.95. The van der Waals surface area contributed by atoms with E-state index < -0.39 is 0 Å². The van der Waals surface area contributed by atoms with Crippen LogP contribution < -0.4 is 5.73 Å². The smallest absolute Gasteiger partial charge is 0.174 e. The number of nitrogens with zero attached hydrogens (tertiary/aromatic N) is 2. The lowest BCUT2D eigenvalue weighted by Crippen LogP contribution is -1.98. The van der Waals surface area contributed by atoms with Crippen LogP contribution in [-0.4, -0.2) is 22.5 Å². The van der Waals surface area contributed by atoms with E-state index in [0.717, 1.165) is 28.1 Å². The first-order valence-electron chi connectivity index (χ1n) is 3.96. The fourth-order valence-electron chi connectivity index (χ4n) is 0.743. The van der Waals surface area contributed by atoms with Crippen molar-refractivity contribution in [2.75, 3.05) is 12.3 Å². The lowest BCUT2D eigenvalue weighted by atomic mass is 10.3. The fourth-order valence-corrected chi connectivity index (χ4v) is 2.63. The Morgan fingerprint density at radius 2 is 2.25 bits per heavy atom. The van der Waals surface area contributed by atoms with E-state index in [4.69, 9.17) is 5.73 Å². The molecule has 0 bridgehead atoms. The van der Waals surface area contributed by atoms with Crippen LogP contribution in [0.15, 0.2) is 4.34 Å². The molecule has 0 aromatic carbocycles. The third-order valence-electron chi connectivity index (χ3n) is 1.33. The van der Waals surface area contributed by atoms with Crippen molar-refractivity contribution >= 4 is 23.1 Å². The van der Waals surface area contributed by atoms with Crippen LogP contribution in [0.3, 0.4) is 0 Å². The molecular weight excluding hydrogens is 190 g/mol. The van der Waals surface area contributed by atoms with Crippen LogP contribution in [0, 0.1) is 6.92 Å². The van der Waals surface area contributed by atoms with Crippen LogP contribution in [0.2, 0.25) is 0 Å². The van der Waals surface area contributed by atoms with Crippen LogP contribution in [-0.2, 0) is 0 Å². The van der Waals surface area contributed by atoms with E-state index in [1.54, 1.807) is 23.1 Å². The minimum absolute atomic E-state index is 0.787. The Morgan fingerprint density at radius 1 is 1.42 bits per heavy atom. The van der Waals surface area contributed by atoms with Crippen LogP contribution in [0.1, 0.15) is 17.8 Å². The highest BCUT2D eigenvalue weighted by atomic mass is 32.2. The zero-order valence-corrected chi connectivity index (χ0v) is 8.75. The first kappa shape index (κ1) is 9.95. The molecule has 1 aromatic heterocycles. The van der Waals surface area contributed by atoms with Crippen molar-refractivity contribution in [1.29, 1.82) is 0 Å². The monoisotopic (exact) mass is 203 g/mol. The molecule has 0 aliphatic rings. The maximum absolute atomic E-state index is 5.38. The molecule has 0 aliphatic carbocycles. The maximum atomic E-state index is 5.38. The SMILES string of the molecule is Cc1nnc(SCCCCN)s1. The number of aryl methyl sites for hydroxylation is 1. The zero-order valence-electron chi connectivity index (χ0n) is 7.12. The fraction of sp³-hybridized carbons (Fsp3) is 0.714. The summed E-state index contributed by atoms with van der Waals surface area (Å²) >= 11 is 3.43. The largest absolute Gasteiger partial charge is 0.330 e. The third kappa shape index (κ3) is 3.51. The lowest BCUT2D eigenvalue weighted by Gasteiger charge is -1.94. The highest BCUT2D eigenvalue weighted by Gasteiger charge is 1.99. The summed E-state index contributed by atoms with van der Waals surface area (Å²) in [5.41, 5.74) is 5.38. The predicted molar refractivity (Wildman–Crippen MR) is 53.7 cm³/mol. The first-order chi connectivity index (χ1) is 5.83. The topological polar surface area (TPSA) is 51.8 Å². The second-order valence-electron chi connectivity index (χ2n) is 2.43. The zero-order chi connectivity index (χ0) is 8.81. The number of thioether (sulfide) groups is 1. The minimum Gasteiger partial charge on any atom is -0.330 e. The molecule has 0 aliphatic heterocycles. The number of hydrogen-bond donors (Lipinski definition) is 1. The Labute approximate surface area is 80.8 Å². The first-order valence-corrected chi connectivity index (χ1v) is 5.76. The molecule has 2 N–H and O–H groups in total. The van der Waals surface area contributed by atoms with Gasteiger partial charge >= 0.3 is 0 Å². The van der Waals surface area contributed by atoms with E-state index in [-0.39, 0.29) is 0 Å². The average molecular weight is 203 g/mol. The molecule has 1 aromatic rings. The molecule has 1 heterocycles. The number of hydrogen-bond acceptors (Lipinski definition) is 5. The maximum Gasteiger partial charge on any atom is 0.174 e. The number of nitrogens with two attached hydrogens (primary N) is 1. The molecule has 0 saturated heterocycles. The standard InChI is InChI=1S/C7H13N3S2/c1-6-9-10-7(12-6)11-5-3-2-4-8/h2-5,8H2,1H3. The second kappa shape index (κ2) is 5.50. The summed E-state index contributed by atoms with van der Waals surface area (Å²) in [6.07, 6.45) is 2.27. The average Bonchev–Trinajstić information content (AvgIpc) is 2.45. The highest BCUT2D eigenvalue weighted by molar-refractivity contribution is 8.01. The van der Waals surface area contributed by atoms with E-state index in [1.165, 1.54) is 6.42 Å². The van der Waals surface area contributed by atoms with Gasteiger partial charge in [0.25, 0.3) is 0 Å². The summed E-state index contributed by atoms with van der Waals surface area (Å²) in [5.74, 6) is 1.10. The summed E-state index contributed by atoms with van der Waals surface area (Å²) in [7, 11) is 0. The van der Waals surface area contributed by atoms with E-state index in [1.807, 2.05) is 6.92 Å². The predicted octanol–water partition coefficient (Wildman–Crippen LogP) is 1.68. The molecule has 12 heavy (non-hydrogen) atoms. The molecule has 5 heteroatoms. The van der Waals surface area contributed by atoms with Crippen molar-refractivity contribution < 1.29 is 0 Å². The Balaban J connectivity index is 2.15. The molecule has 3 nitrogen and oxygen atoms in total. The normalized spacial score (nSPS) is 10.5. The summed E-state index contributed by atoms with van der Waals surface area (Å²) in [5, 5.41) is 8.99. The van der Waals surface area contributed by atoms with Gasteiger partial charge in [0.2, 0.25) is 0 Å². The number of unbranched alkanes of at least 4 members (excludes halogenated alkanes) is 1. The van der Waals surface area contributed by atoms with Crippen molar-refractivity contribution in [1.82, 2.24) is 10.2 Å². The minimum atomic E-state index is 0.787. The van der Waals surface area contributed by atoms with Crippen molar-refractivity contribution in [2.24, 2.45) is 5.73 Å². The quantitative estimate of drug-likeness (QED) is 0.584. The van der Waals surface area contributed by atoms with Crippen LogP contribution in [0.25, 0.3) is 0 Å². The number of aromatic nitrogens is 2. The van der Waals surface area contributed by atoms with Crippen molar-refractivity contribution in [3.8, 4) is 0 Å². The Kier molecular flexibility index (Phi) is 4.57. The van der Waals surface area contributed by atoms with Gasteiger partial charge in [-0.15, -0.1) is 10.2 Å². The summed E-state index contributed by atoms with van der Waals surface area (Å²) in [6.45, 7) is 2.76. The molecule has 1 rings (SSSR count). The molecular formula is C7H13N3S2. The number of rotatable bonds is 5. The molecule has 0 amide bonds. The Bertz CT molecular complexity index is 224. The van der Waals surface area contributed by atoms with Gasteiger partial charge in [0.05, 0.1) is 0 Å². The van der Waals surface area contributed by atoms with Gasteiger partial charge in [-0.3, -0.25) is 0 Å². The van der Waals surface area contributed by atoms with Gasteiger partial charge in [-0.1, -0.05) is 23.1 Å². The van der Waals surface area contributed by atoms with Crippen molar-refractivity contribution in [2.45, 2.75) is 24.1 Å². The molecule has 0 unspecified atom stereocenters. The molecule has 68 valence electrons. The van der Waals surface area contributed by atoms with E-state index in [9.17, 15) is 0 Å². The van der Waals surface area contributed by atoms with Gasteiger partial charge < -0.3 is 5.73 Å². The Morgan fingerprint density at radius 3 is 2.83 bits per heavy atom. The van der Waals surface area contributed by atoms with E-state index in [2.05, 4.69) is 10.2 Å². The molecule has 0 saturated carbocycles. The third-order valence-corrected chi connectivity index (χ3v) is 3.39. The summed E-state index contributed by atoms with van der Waals surface area (Å²) in [4.78, 5) is 0. The van der Waals surface area contributed by atoms with Gasteiger partial charge in [0, 0.05) is 5.75 Å². The summed E-state index contributed by atoms with van der Waals surface area (Å²) < 4.78 is 1.07. The van der Waals surface area contributed by atoms with Crippen molar-refractivity contribution in [3.63, 3.8) is 0 Å². The lowest BCUT2D eigenvalue weighted by molar-refractivity contribution is 0.814. The van der Waals surface area contributed by atoms with Gasteiger partial charge in [-0.25, -0.2) is 0 Å². The van der Waals surface area contributed by atoms with Crippen LogP contribution >= 0.6 is 23.1 Å². The molecule has 0 atom stereocenters. The van der Waals surface area contributed by atoms with Gasteiger partial charge in [0.15, 0.2) is 4.34 Å². The van der Waals surface area contributed by atoms with Gasteiger partial charge in [-0.05, 0) is 26.3 Å². The van der Waals surface area contributed by atoms with Crippen molar-refractivity contribution in [3.05, 3.63) is 5.01 Å². The van der Waals surface area contributed by atoms with E-state index in [0.29, 0.717) is 0 Å². The van der Waals surface area contributed by atoms with Gasteiger partial charge in [-0.2, -0.15) is 0 Å². The van der Waals surface area contributed by atoms with E-state index >= 15 is 0 Å². The van der Waals surface area contributed by atoms with Crippen LogP contribution in [0.4, 0.5) is 0 Å². The van der Waals surface area contributed by atoms with Gasteiger partial charge in [0.1, 0.15) is 5.01 Å². The van der Waals surface area contributed by atoms with Crippen LogP contribution in [0.5, 0.6) is 0 Å². The summed E-state index contributed by atoms with van der Waals surface area (Å²) in [6, 6.07) is 0. The molecule has 0 fully saturated rings. The molecule has 0 spiro atoms. The highest BCUT2D eigenvalue weighted by Crippen LogP contribution is 2.22. The Hall–Kier alpha value is -0.130.